The molecule has 0 saturated carbocycles. The van der Waals surface area contributed by atoms with Gasteiger partial charge in [-0.25, -0.2) is 0 Å². The third-order valence-electron chi connectivity index (χ3n) is 2.61. The number of benzene rings is 1. The van der Waals surface area contributed by atoms with Crippen LogP contribution in [0.15, 0.2) is 24.3 Å². The van der Waals surface area contributed by atoms with Gasteiger partial charge in [0.15, 0.2) is 0 Å². The van der Waals surface area contributed by atoms with E-state index in [0.29, 0.717) is 18.5 Å². The van der Waals surface area contributed by atoms with Crippen molar-refractivity contribution >= 4 is 5.91 Å². The molecule has 0 bridgehead atoms. The molecule has 0 aliphatic carbocycles. The normalized spacial score (nSPS) is 12.1. The van der Waals surface area contributed by atoms with Gasteiger partial charge in [-0.2, -0.15) is 0 Å². The molecule has 0 fully saturated rings. The molecule has 0 aromatic heterocycles. The van der Waals surface area contributed by atoms with Gasteiger partial charge in [-0.1, -0.05) is 25.1 Å². The fourth-order valence-electron chi connectivity index (χ4n) is 1.51. The third kappa shape index (κ3) is 4.87. The molecule has 0 spiro atoms. The van der Waals surface area contributed by atoms with Gasteiger partial charge in [-0.3, -0.25) is 4.79 Å². The number of carbonyl (C=O) groups excluding carboxylic acids is 1. The maximum atomic E-state index is 11.6. The standard InChI is InChI=1S/C13H19NO3/c1-10(6-7-15)9-14-13(17)8-11-4-2-3-5-12(11)16/h2-5,10,15-16H,6-9H2,1H3,(H,14,17). The van der Waals surface area contributed by atoms with Crippen LogP contribution < -0.4 is 5.32 Å². The van der Waals surface area contributed by atoms with Crippen LogP contribution in [0, 0.1) is 5.92 Å². The van der Waals surface area contributed by atoms with E-state index in [1.54, 1.807) is 24.3 Å². The number of carbonyl (C=O) groups is 1. The van der Waals surface area contributed by atoms with Gasteiger partial charge in [0, 0.05) is 18.7 Å². The lowest BCUT2D eigenvalue weighted by molar-refractivity contribution is -0.120. The zero-order valence-electron chi connectivity index (χ0n) is 10.0. The van der Waals surface area contributed by atoms with Gasteiger partial charge in [0.25, 0.3) is 0 Å². The molecule has 1 aromatic carbocycles. The lowest BCUT2D eigenvalue weighted by Crippen LogP contribution is -2.29. The largest absolute Gasteiger partial charge is 0.508 e. The Bertz CT molecular complexity index is 365. The summed E-state index contributed by atoms with van der Waals surface area (Å²) in [5.74, 6) is 0.288. The van der Waals surface area contributed by atoms with Gasteiger partial charge >= 0.3 is 0 Å². The van der Waals surface area contributed by atoms with E-state index in [2.05, 4.69) is 5.32 Å². The number of hydrogen-bond donors (Lipinski definition) is 3. The van der Waals surface area contributed by atoms with Crippen LogP contribution in [0.1, 0.15) is 18.9 Å². The lowest BCUT2D eigenvalue weighted by atomic mass is 10.1. The number of aliphatic hydroxyl groups excluding tert-OH is 1. The lowest BCUT2D eigenvalue weighted by Gasteiger charge is -2.11. The molecule has 4 heteroatoms. The molecule has 1 atom stereocenters. The fourth-order valence-corrected chi connectivity index (χ4v) is 1.51. The monoisotopic (exact) mass is 237 g/mol. The number of hydrogen-bond acceptors (Lipinski definition) is 3. The molecule has 1 unspecified atom stereocenters. The van der Waals surface area contributed by atoms with Gasteiger partial charge < -0.3 is 15.5 Å². The van der Waals surface area contributed by atoms with Crippen molar-refractivity contribution in [3.05, 3.63) is 29.8 Å². The molecule has 1 amide bonds. The molecule has 0 heterocycles. The van der Waals surface area contributed by atoms with E-state index in [1.807, 2.05) is 6.92 Å². The van der Waals surface area contributed by atoms with Crippen molar-refractivity contribution < 1.29 is 15.0 Å². The summed E-state index contributed by atoms with van der Waals surface area (Å²) >= 11 is 0. The summed E-state index contributed by atoms with van der Waals surface area (Å²) in [5, 5.41) is 21.0. The first kappa shape index (κ1) is 13.5. The van der Waals surface area contributed by atoms with E-state index in [-0.39, 0.29) is 30.6 Å². The van der Waals surface area contributed by atoms with Gasteiger partial charge in [0.05, 0.1) is 6.42 Å². The van der Waals surface area contributed by atoms with Crippen molar-refractivity contribution in [2.45, 2.75) is 19.8 Å². The minimum absolute atomic E-state index is 0.115. The second-order valence-electron chi connectivity index (χ2n) is 4.23. The van der Waals surface area contributed by atoms with E-state index in [0.717, 1.165) is 0 Å². The van der Waals surface area contributed by atoms with Crippen LogP contribution in [0.4, 0.5) is 0 Å². The minimum atomic E-state index is -0.115. The molecule has 17 heavy (non-hydrogen) atoms. The molecule has 0 radical (unpaired) electrons. The fraction of sp³-hybridized carbons (Fsp3) is 0.462. The summed E-state index contributed by atoms with van der Waals surface area (Å²) in [6.45, 7) is 2.65. The number of amides is 1. The summed E-state index contributed by atoms with van der Waals surface area (Å²) in [4.78, 5) is 11.6. The SMILES string of the molecule is CC(CCO)CNC(=O)Cc1ccccc1O. The van der Waals surface area contributed by atoms with Crippen LogP contribution in [0.25, 0.3) is 0 Å². The van der Waals surface area contributed by atoms with E-state index in [9.17, 15) is 9.90 Å². The number of rotatable bonds is 6. The molecular weight excluding hydrogens is 218 g/mol. The van der Waals surface area contributed by atoms with E-state index < -0.39 is 0 Å². The molecule has 4 nitrogen and oxygen atoms in total. The highest BCUT2D eigenvalue weighted by Crippen LogP contribution is 2.15. The van der Waals surface area contributed by atoms with Crippen molar-refractivity contribution in [1.82, 2.24) is 5.32 Å². The number of nitrogens with one attached hydrogen (secondary N) is 1. The Morgan fingerprint density at radius 1 is 1.41 bits per heavy atom. The van der Waals surface area contributed by atoms with E-state index in [1.165, 1.54) is 0 Å². The van der Waals surface area contributed by atoms with Crippen LogP contribution in [-0.2, 0) is 11.2 Å². The predicted molar refractivity (Wildman–Crippen MR) is 65.7 cm³/mol. The Balaban J connectivity index is 2.37. The summed E-state index contributed by atoms with van der Waals surface area (Å²) in [5.41, 5.74) is 0.625. The first-order chi connectivity index (χ1) is 8.13. The topological polar surface area (TPSA) is 69.6 Å². The van der Waals surface area contributed by atoms with Crippen molar-refractivity contribution in [3.63, 3.8) is 0 Å². The first-order valence-corrected chi connectivity index (χ1v) is 5.78. The van der Waals surface area contributed by atoms with Gasteiger partial charge in [0.1, 0.15) is 5.75 Å². The maximum absolute atomic E-state index is 11.6. The number of phenolic OH excluding ortho intramolecular Hbond substituents is 1. The third-order valence-corrected chi connectivity index (χ3v) is 2.61. The quantitative estimate of drug-likeness (QED) is 0.693. The average molecular weight is 237 g/mol. The molecule has 3 N–H and O–H groups in total. The zero-order valence-corrected chi connectivity index (χ0v) is 10.0. The highest BCUT2D eigenvalue weighted by molar-refractivity contribution is 5.79. The Morgan fingerprint density at radius 3 is 2.76 bits per heavy atom. The predicted octanol–water partition coefficient (Wildman–Crippen LogP) is 1.07. The first-order valence-electron chi connectivity index (χ1n) is 5.78. The van der Waals surface area contributed by atoms with Gasteiger partial charge in [0.2, 0.25) is 5.91 Å². The highest BCUT2D eigenvalue weighted by Gasteiger charge is 2.08. The summed E-state index contributed by atoms with van der Waals surface area (Å²) in [7, 11) is 0. The number of aliphatic hydroxyl groups is 1. The van der Waals surface area contributed by atoms with Crippen LogP contribution in [0.5, 0.6) is 5.75 Å². The molecule has 0 aliphatic heterocycles. The van der Waals surface area contributed by atoms with E-state index in [4.69, 9.17) is 5.11 Å². The minimum Gasteiger partial charge on any atom is -0.508 e. The zero-order chi connectivity index (χ0) is 12.7. The maximum Gasteiger partial charge on any atom is 0.224 e. The molecule has 1 aromatic rings. The van der Waals surface area contributed by atoms with Crippen molar-refractivity contribution in [3.8, 4) is 5.75 Å². The van der Waals surface area contributed by atoms with Crippen LogP contribution in [0.3, 0.4) is 0 Å². The summed E-state index contributed by atoms with van der Waals surface area (Å²) in [6, 6.07) is 6.81. The average Bonchev–Trinajstić information content (AvgIpc) is 2.30. The van der Waals surface area contributed by atoms with Crippen LogP contribution >= 0.6 is 0 Å². The number of para-hydroxylation sites is 1. The van der Waals surface area contributed by atoms with Gasteiger partial charge in [-0.05, 0) is 18.4 Å². The Morgan fingerprint density at radius 2 is 2.12 bits per heavy atom. The van der Waals surface area contributed by atoms with Crippen molar-refractivity contribution in [1.29, 1.82) is 0 Å². The highest BCUT2D eigenvalue weighted by atomic mass is 16.3. The van der Waals surface area contributed by atoms with Crippen molar-refractivity contribution in [2.75, 3.05) is 13.2 Å². The Kier molecular flexibility index (Phi) is 5.49. The molecule has 0 saturated heterocycles. The number of phenols is 1. The molecular formula is C13H19NO3. The van der Waals surface area contributed by atoms with Crippen LogP contribution in [0.2, 0.25) is 0 Å². The Hall–Kier alpha value is -1.55. The summed E-state index contributed by atoms with van der Waals surface area (Å²) in [6.07, 6.45) is 0.857. The molecule has 94 valence electrons. The Labute approximate surface area is 101 Å². The van der Waals surface area contributed by atoms with Crippen LogP contribution in [-0.4, -0.2) is 29.3 Å². The molecule has 1 rings (SSSR count). The van der Waals surface area contributed by atoms with Crippen molar-refractivity contribution in [2.24, 2.45) is 5.92 Å². The van der Waals surface area contributed by atoms with E-state index >= 15 is 0 Å². The molecule has 0 aliphatic rings. The summed E-state index contributed by atoms with van der Waals surface area (Å²) < 4.78 is 0. The number of aromatic hydroxyl groups is 1. The second kappa shape index (κ2) is 6.91. The van der Waals surface area contributed by atoms with Gasteiger partial charge in [-0.15, -0.1) is 0 Å². The second-order valence-corrected chi connectivity index (χ2v) is 4.23. The smallest absolute Gasteiger partial charge is 0.224 e.